The van der Waals surface area contributed by atoms with Crippen molar-refractivity contribution in [3.8, 4) is 0 Å². The minimum absolute atomic E-state index is 0.0831. The van der Waals surface area contributed by atoms with E-state index >= 15 is 0 Å². The summed E-state index contributed by atoms with van der Waals surface area (Å²) in [6.07, 6.45) is -4.48. The van der Waals surface area contributed by atoms with Crippen molar-refractivity contribution >= 4 is 23.4 Å². The molecule has 1 heterocycles. The third-order valence-electron chi connectivity index (χ3n) is 4.10. The maximum absolute atomic E-state index is 12.8. The zero-order chi connectivity index (χ0) is 18.9. The van der Waals surface area contributed by atoms with Crippen LogP contribution in [0.5, 0.6) is 0 Å². The fraction of sp³-hybridized carbons (Fsp3) is 0.222. The Morgan fingerprint density at radius 3 is 2.46 bits per heavy atom. The third-order valence-corrected chi connectivity index (χ3v) is 4.33. The minimum Gasteiger partial charge on any atom is -0.352 e. The first-order chi connectivity index (χ1) is 12.3. The molecule has 26 heavy (non-hydrogen) atoms. The Kier molecular flexibility index (Phi) is 4.91. The summed E-state index contributed by atoms with van der Waals surface area (Å²) in [6.45, 7) is 0.505. The van der Waals surface area contributed by atoms with Crippen molar-refractivity contribution in [1.29, 1.82) is 0 Å². The second kappa shape index (κ2) is 6.99. The number of nitrogens with zero attached hydrogens (tertiary/aromatic N) is 1. The quantitative estimate of drug-likeness (QED) is 0.861. The highest BCUT2D eigenvalue weighted by Crippen LogP contribution is 2.30. The van der Waals surface area contributed by atoms with E-state index in [1.807, 2.05) is 0 Å². The van der Waals surface area contributed by atoms with Crippen molar-refractivity contribution < 1.29 is 22.8 Å². The number of alkyl halides is 3. The van der Waals surface area contributed by atoms with Gasteiger partial charge < -0.3 is 10.2 Å². The number of hydrogen-bond donors (Lipinski definition) is 1. The Labute approximate surface area is 152 Å². The predicted octanol–water partition coefficient (Wildman–Crippen LogP) is 3.67. The van der Waals surface area contributed by atoms with Gasteiger partial charge in [-0.1, -0.05) is 23.7 Å². The first kappa shape index (κ1) is 18.3. The summed E-state index contributed by atoms with van der Waals surface area (Å²) in [5.41, 5.74) is -0.216. The molecule has 8 heteroatoms. The molecule has 136 valence electrons. The Bertz CT molecular complexity index is 837. The molecule has 1 N–H and O–H groups in total. The van der Waals surface area contributed by atoms with Crippen LogP contribution in [0.1, 0.15) is 27.5 Å². The summed E-state index contributed by atoms with van der Waals surface area (Å²) in [4.78, 5) is 26.5. The molecule has 0 saturated carbocycles. The van der Waals surface area contributed by atoms with E-state index in [2.05, 4.69) is 5.32 Å². The van der Waals surface area contributed by atoms with Crippen LogP contribution >= 0.6 is 11.6 Å². The number of halogens is 4. The van der Waals surface area contributed by atoms with Gasteiger partial charge in [0, 0.05) is 23.7 Å². The fourth-order valence-corrected chi connectivity index (χ4v) is 3.06. The second-order valence-corrected chi connectivity index (χ2v) is 6.26. The second-order valence-electron chi connectivity index (χ2n) is 5.82. The summed E-state index contributed by atoms with van der Waals surface area (Å²) in [5, 5.41) is 3.11. The summed E-state index contributed by atoms with van der Waals surface area (Å²) in [6, 6.07) is 9.63. The van der Waals surface area contributed by atoms with Crippen LogP contribution in [0, 0.1) is 0 Å². The highest BCUT2D eigenvalue weighted by atomic mass is 35.5. The molecule has 3 rings (SSSR count). The molecule has 2 amide bonds. The number of carbonyl (C=O) groups excluding carboxylic acids is 2. The van der Waals surface area contributed by atoms with E-state index in [9.17, 15) is 22.8 Å². The number of piperazine rings is 1. The standard InChI is InChI=1S/C18H14ClF3N2O2/c19-14-3-1-2-12(10-14)15-16(25)23-8-9-24(15)17(26)11-4-6-13(7-5-11)18(20,21)22/h1-7,10,15H,8-9H2,(H,23,25). The fourth-order valence-electron chi connectivity index (χ4n) is 2.86. The lowest BCUT2D eigenvalue weighted by Gasteiger charge is -2.35. The molecular weight excluding hydrogens is 369 g/mol. The van der Waals surface area contributed by atoms with E-state index < -0.39 is 23.7 Å². The first-order valence-corrected chi connectivity index (χ1v) is 8.16. The Morgan fingerprint density at radius 2 is 1.85 bits per heavy atom. The summed E-state index contributed by atoms with van der Waals surface area (Å²) >= 11 is 5.97. The van der Waals surface area contributed by atoms with Crippen LogP contribution in [0.15, 0.2) is 48.5 Å². The minimum atomic E-state index is -4.48. The predicted molar refractivity (Wildman–Crippen MR) is 89.7 cm³/mol. The van der Waals surface area contributed by atoms with Gasteiger partial charge in [0.25, 0.3) is 5.91 Å². The van der Waals surface area contributed by atoms with Crippen molar-refractivity contribution in [2.45, 2.75) is 12.2 Å². The smallest absolute Gasteiger partial charge is 0.352 e. The highest BCUT2D eigenvalue weighted by Gasteiger charge is 2.35. The van der Waals surface area contributed by atoms with Crippen molar-refractivity contribution in [3.63, 3.8) is 0 Å². The molecule has 0 spiro atoms. The Hall–Kier alpha value is -2.54. The highest BCUT2D eigenvalue weighted by molar-refractivity contribution is 6.30. The molecular formula is C18H14ClF3N2O2. The van der Waals surface area contributed by atoms with Gasteiger partial charge in [-0.05, 0) is 42.0 Å². The van der Waals surface area contributed by atoms with Gasteiger partial charge in [-0.3, -0.25) is 9.59 Å². The number of rotatable bonds is 2. The van der Waals surface area contributed by atoms with E-state index in [1.54, 1.807) is 24.3 Å². The van der Waals surface area contributed by atoms with Gasteiger partial charge in [0.15, 0.2) is 0 Å². The molecule has 2 aromatic rings. The van der Waals surface area contributed by atoms with Crippen LogP contribution < -0.4 is 5.32 Å². The molecule has 4 nitrogen and oxygen atoms in total. The molecule has 0 bridgehead atoms. The van der Waals surface area contributed by atoms with Gasteiger partial charge in [0.2, 0.25) is 5.91 Å². The average molecular weight is 383 g/mol. The van der Waals surface area contributed by atoms with Crippen LogP contribution in [0.3, 0.4) is 0 Å². The number of hydrogen-bond acceptors (Lipinski definition) is 2. The first-order valence-electron chi connectivity index (χ1n) is 7.79. The van der Waals surface area contributed by atoms with Crippen LogP contribution in [-0.4, -0.2) is 29.8 Å². The monoisotopic (exact) mass is 382 g/mol. The van der Waals surface area contributed by atoms with Crippen molar-refractivity contribution in [3.05, 3.63) is 70.2 Å². The van der Waals surface area contributed by atoms with Crippen molar-refractivity contribution in [2.75, 3.05) is 13.1 Å². The van der Waals surface area contributed by atoms with Crippen LogP contribution in [0.2, 0.25) is 5.02 Å². The molecule has 0 aromatic heterocycles. The van der Waals surface area contributed by atoms with E-state index in [0.717, 1.165) is 24.3 Å². The Balaban J connectivity index is 1.92. The normalized spacial score (nSPS) is 17.8. The number of amides is 2. The lowest BCUT2D eigenvalue weighted by molar-refractivity contribution is -0.137. The number of carbonyl (C=O) groups is 2. The van der Waals surface area contributed by atoms with Crippen LogP contribution in [0.4, 0.5) is 13.2 Å². The molecule has 1 aliphatic heterocycles. The van der Waals surface area contributed by atoms with Gasteiger partial charge in [-0.2, -0.15) is 13.2 Å². The average Bonchev–Trinajstić information content (AvgIpc) is 2.60. The summed E-state index contributed by atoms with van der Waals surface area (Å²) < 4.78 is 38.1. The van der Waals surface area contributed by atoms with Gasteiger partial charge in [0.05, 0.1) is 5.56 Å². The van der Waals surface area contributed by atoms with Gasteiger partial charge >= 0.3 is 6.18 Å². The van der Waals surface area contributed by atoms with E-state index in [1.165, 1.54) is 4.90 Å². The number of nitrogens with one attached hydrogen (secondary N) is 1. The molecule has 1 fully saturated rings. The van der Waals surface area contributed by atoms with E-state index in [4.69, 9.17) is 11.6 Å². The van der Waals surface area contributed by atoms with Crippen molar-refractivity contribution in [1.82, 2.24) is 10.2 Å². The van der Waals surface area contributed by atoms with E-state index in [-0.39, 0.29) is 24.6 Å². The largest absolute Gasteiger partial charge is 0.416 e. The van der Waals surface area contributed by atoms with Crippen LogP contribution in [0.25, 0.3) is 0 Å². The van der Waals surface area contributed by atoms with Gasteiger partial charge in [0.1, 0.15) is 6.04 Å². The summed E-state index contributed by atoms with van der Waals surface area (Å²) in [7, 11) is 0. The molecule has 1 unspecified atom stereocenters. The van der Waals surface area contributed by atoms with Crippen molar-refractivity contribution in [2.24, 2.45) is 0 Å². The lowest BCUT2D eigenvalue weighted by atomic mass is 10.0. The van der Waals surface area contributed by atoms with E-state index in [0.29, 0.717) is 10.6 Å². The van der Waals surface area contributed by atoms with Gasteiger partial charge in [-0.25, -0.2) is 0 Å². The molecule has 1 saturated heterocycles. The zero-order valence-corrected chi connectivity index (χ0v) is 14.1. The Morgan fingerprint density at radius 1 is 1.15 bits per heavy atom. The maximum atomic E-state index is 12.8. The number of benzene rings is 2. The molecule has 0 aliphatic carbocycles. The lowest BCUT2D eigenvalue weighted by Crippen LogP contribution is -2.52. The third kappa shape index (κ3) is 3.67. The SMILES string of the molecule is O=C1NCCN(C(=O)c2ccc(C(F)(F)F)cc2)C1c1cccc(Cl)c1. The summed E-state index contributed by atoms with van der Waals surface area (Å²) in [5.74, 6) is -0.877. The molecule has 1 atom stereocenters. The molecule has 1 aliphatic rings. The molecule has 0 radical (unpaired) electrons. The van der Waals surface area contributed by atoms with Gasteiger partial charge in [-0.15, -0.1) is 0 Å². The maximum Gasteiger partial charge on any atom is 0.416 e. The molecule has 2 aromatic carbocycles. The topological polar surface area (TPSA) is 49.4 Å². The van der Waals surface area contributed by atoms with Crippen LogP contribution in [-0.2, 0) is 11.0 Å². The zero-order valence-electron chi connectivity index (χ0n) is 13.4.